The summed E-state index contributed by atoms with van der Waals surface area (Å²) in [5, 5.41) is 12.6. The molecule has 0 aliphatic heterocycles. The number of anilines is 2. The minimum Gasteiger partial charge on any atom is -0.482 e. The fourth-order valence-electron chi connectivity index (χ4n) is 2.55. The first-order chi connectivity index (χ1) is 12.2. The number of nitrogens with two attached hydrogens (primary N) is 1. The van der Waals surface area contributed by atoms with Gasteiger partial charge in [-0.15, -0.1) is 0 Å². The van der Waals surface area contributed by atoms with Gasteiger partial charge in [0, 0.05) is 12.4 Å². The van der Waals surface area contributed by atoms with Crippen LogP contribution in [-0.2, 0) is 6.61 Å². The Labute approximate surface area is 158 Å². The number of aliphatic hydroxyl groups excluding tert-OH is 1. The molecule has 3 rings (SSSR count). The third kappa shape index (κ3) is 4.77. The second kappa shape index (κ2) is 9.25. The van der Waals surface area contributed by atoms with Crippen molar-refractivity contribution < 1.29 is 9.84 Å². The number of nitrogen functional groups attached to an aromatic ring is 1. The number of ether oxygens (including phenoxy) is 1. The van der Waals surface area contributed by atoms with Crippen molar-refractivity contribution in [3.63, 3.8) is 0 Å². The molecule has 3 heterocycles. The highest BCUT2D eigenvalue weighted by atomic mass is 32.1. The van der Waals surface area contributed by atoms with Crippen LogP contribution >= 0.6 is 13.5 Å². The summed E-state index contributed by atoms with van der Waals surface area (Å²) in [6.45, 7) is 2.34. The van der Waals surface area contributed by atoms with Crippen LogP contribution < -0.4 is 15.8 Å². The van der Waals surface area contributed by atoms with E-state index < -0.39 is 0 Å². The quantitative estimate of drug-likeness (QED) is 0.551. The number of nitrogens with one attached hydrogen (secondary N) is 1. The van der Waals surface area contributed by atoms with E-state index in [0.717, 1.165) is 24.2 Å². The molecule has 0 saturated carbocycles. The number of hydrogen-bond donors (Lipinski definition) is 3. The topological polar surface area (TPSA) is 111 Å². The van der Waals surface area contributed by atoms with Crippen LogP contribution in [0.15, 0.2) is 36.8 Å². The maximum atomic E-state index is 9.48. The van der Waals surface area contributed by atoms with Gasteiger partial charge in [-0.2, -0.15) is 18.5 Å². The largest absolute Gasteiger partial charge is 0.482 e. The van der Waals surface area contributed by atoms with Gasteiger partial charge in [-0.3, -0.25) is 0 Å². The first kappa shape index (κ1) is 19.8. The Morgan fingerprint density at radius 1 is 1.35 bits per heavy atom. The third-order valence-corrected chi connectivity index (χ3v) is 3.76. The minimum absolute atomic E-state index is 0. The van der Waals surface area contributed by atoms with Gasteiger partial charge in [-0.1, -0.05) is 19.4 Å². The number of aliphatic hydroxyl groups is 1. The smallest absolute Gasteiger partial charge is 0.222 e. The Morgan fingerprint density at radius 3 is 2.92 bits per heavy atom. The van der Waals surface area contributed by atoms with Crippen molar-refractivity contribution in [3.05, 3.63) is 42.5 Å². The van der Waals surface area contributed by atoms with Gasteiger partial charge < -0.3 is 25.3 Å². The van der Waals surface area contributed by atoms with Crippen LogP contribution in [0.1, 0.15) is 25.5 Å². The molecular weight excluding hydrogens is 352 g/mol. The molecule has 0 spiro atoms. The molecule has 0 aliphatic carbocycles. The van der Waals surface area contributed by atoms with Gasteiger partial charge in [-0.05, 0) is 18.6 Å². The lowest BCUT2D eigenvalue weighted by atomic mass is 10.2. The Hall–Kier alpha value is -2.52. The zero-order valence-electron chi connectivity index (χ0n) is 14.6. The monoisotopic (exact) mass is 376 g/mol. The van der Waals surface area contributed by atoms with Crippen LogP contribution in [0, 0.1) is 0 Å². The Morgan fingerprint density at radius 2 is 2.19 bits per heavy atom. The summed E-state index contributed by atoms with van der Waals surface area (Å²) in [7, 11) is 0. The van der Waals surface area contributed by atoms with Crippen molar-refractivity contribution >= 4 is 30.9 Å². The maximum Gasteiger partial charge on any atom is 0.222 e. The number of imidazole rings is 1. The van der Waals surface area contributed by atoms with Crippen LogP contribution in [0.3, 0.4) is 0 Å². The molecule has 140 valence electrons. The predicted molar refractivity (Wildman–Crippen MR) is 106 cm³/mol. The van der Waals surface area contributed by atoms with Gasteiger partial charge in [0.2, 0.25) is 5.95 Å². The summed E-state index contributed by atoms with van der Waals surface area (Å²) < 4.78 is 7.76. The zero-order valence-corrected chi connectivity index (χ0v) is 15.6. The molecule has 4 N–H and O–H groups in total. The molecule has 0 aromatic carbocycles. The summed E-state index contributed by atoms with van der Waals surface area (Å²) in [6.07, 6.45) is 7.12. The molecule has 8 nitrogen and oxygen atoms in total. The fraction of sp³-hybridized carbons (Fsp3) is 0.353. The maximum absolute atomic E-state index is 9.48. The highest BCUT2D eigenvalue weighted by Gasteiger charge is 2.13. The number of aromatic nitrogens is 4. The van der Waals surface area contributed by atoms with E-state index in [1.54, 1.807) is 0 Å². The number of hydrogen-bond acceptors (Lipinski definition) is 7. The standard InChI is InChI=1S/C17H22N6O2.H2S/c1-2-5-12(10-24)21-16-14(8-19-17(18)22-16)25-11-13-9-23-7-4-3-6-15(23)20-13;/h3-4,6-9,12,24H,2,5,10-11H2,1H3,(H3,18,19,21,22);1H2/t12-;/m0./s1. The van der Waals surface area contributed by atoms with Crippen molar-refractivity contribution in [1.82, 2.24) is 19.4 Å². The molecule has 0 radical (unpaired) electrons. The first-order valence-corrected chi connectivity index (χ1v) is 8.25. The molecule has 26 heavy (non-hydrogen) atoms. The molecule has 0 unspecified atom stereocenters. The second-order valence-electron chi connectivity index (χ2n) is 5.74. The van der Waals surface area contributed by atoms with Crippen molar-refractivity contribution in [1.29, 1.82) is 0 Å². The van der Waals surface area contributed by atoms with E-state index in [4.69, 9.17) is 10.5 Å². The highest BCUT2D eigenvalue weighted by molar-refractivity contribution is 7.59. The summed E-state index contributed by atoms with van der Waals surface area (Å²) in [6, 6.07) is 5.69. The summed E-state index contributed by atoms with van der Waals surface area (Å²) >= 11 is 0. The van der Waals surface area contributed by atoms with Crippen molar-refractivity contribution in [3.8, 4) is 5.75 Å². The lowest BCUT2D eigenvalue weighted by molar-refractivity contribution is 0.266. The highest BCUT2D eigenvalue weighted by Crippen LogP contribution is 2.24. The molecule has 0 saturated heterocycles. The number of rotatable bonds is 8. The zero-order chi connectivity index (χ0) is 17.6. The molecule has 0 aliphatic rings. The van der Waals surface area contributed by atoms with E-state index in [9.17, 15) is 5.11 Å². The van der Waals surface area contributed by atoms with Gasteiger partial charge in [-0.25, -0.2) is 9.97 Å². The number of fused-ring (bicyclic) bond motifs is 1. The summed E-state index contributed by atoms with van der Waals surface area (Å²) in [5.41, 5.74) is 7.33. The number of pyridine rings is 1. The molecule has 1 atom stereocenters. The second-order valence-corrected chi connectivity index (χ2v) is 5.74. The van der Waals surface area contributed by atoms with Gasteiger partial charge in [0.25, 0.3) is 0 Å². The number of nitrogens with zero attached hydrogens (tertiary/aromatic N) is 4. The fourth-order valence-corrected chi connectivity index (χ4v) is 2.55. The lowest BCUT2D eigenvalue weighted by Gasteiger charge is -2.18. The Bertz CT molecular complexity index is 808. The molecule has 0 amide bonds. The lowest BCUT2D eigenvalue weighted by Crippen LogP contribution is -2.24. The van der Waals surface area contributed by atoms with Crippen molar-refractivity contribution in [2.45, 2.75) is 32.4 Å². The van der Waals surface area contributed by atoms with E-state index in [-0.39, 0.29) is 38.7 Å². The Kier molecular flexibility index (Phi) is 7.05. The Balaban J connectivity index is 0.00000243. The van der Waals surface area contributed by atoms with Gasteiger partial charge >= 0.3 is 0 Å². The molecule has 3 aromatic rings. The first-order valence-electron chi connectivity index (χ1n) is 8.25. The van der Waals surface area contributed by atoms with Gasteiger partial charge in [0.1, 0.15) is 12.3 Å². The molecule has 9 heteroatoms. The predicted octanol–water partition coefficient (Wildman–Crippen LogP) is 1.97. The SMILES string of the molecule is CCC[C@@H](CO)Nc1nc(N)ncc1OCc1cn2ccccc2n1.S. The average Bonchev–Trinajstić information content (AvgIpc) is 3.03. The third-order valence-electron chi connectivity index (χ3n) is 3.76. The summed E-state index contributed by atoms with van der Waals surface area (Å²) in [4.78, 5) is 12.7. The van der Waals surface area contributed by atoms with Crippen LogP contribution in [0.25, 0.3) is 5.65 Å². The van der Waals surface area contributed by atoms with E-state index in [1.807, 2.05) is 35.0 Å². The van der Waals surface area contributed by atoms with Crippen molar-refractivity contribution in [2.24, 2.45) is 0 Å². The van der Waals surface area contributed by atoms with E-state index in [1.165, 1.54) is 6.20 Å². The normalized spacial score (nSPS) is 11.8. The van der Waals surface area contributed by atoms with Crippen LogP contribution in [-0.4, -0.2) is 37.1 Å². The van der Waals surface area contributed by atoms with Crippen molar-refractivity contribution in [2.75, 3.05) is 17.7 Å². The van der Waals surface area contributed by atoms with Crippen LogP contribution in [0.4, 0.5) is 11.8 Å². The van der Waals surface area contributed by atoms with E-state index in [0.29, 0.717) is 11.6 Å². The van der Waals surface area contributed by atoms with Crippen LogP contribution in [0.2, 0.25) is 0 Å². The molecule has 0 fully saturated rings. The average molecular weight is 376 g/mol. The van der Waals surface area contributed by atoms with E-state index >= 15 is 0 Å². The van der Waals surface area contributed by atoms with Gasteiger partial charge in [0.15, 0.2) is 11.6 Å². The molecule has 0 bridgehead atoms. The van der Waals surface area contributed by atoms with Gasteiger partial charge in [0.05, 0.1) is 24.5 Å². The minimum atomic E-state index is -0.114. The summed E-state index contributed by atoms with van der Waals surface area (Å²) in [5.74, 6) is 1.10. The van der Waals surface area contributed by atoms with Crippen LogP contribution in [0.5, 0.6) is 5.75 Å². The molecular formula is C17H24N6O2S. The van der Waals surface area contributed by atoms with E-state index in [2.05, 4.69) is 27.2 Å². The molecule has 3 aromatic heterocycles.